The Hall–Kier alpha value is -3.77. The van der Waals surface area contributed by atoms with Crippen molar-refractivity contribution in [2.24, 2.45) is 0 Å². The maximum absolute atomic E-state index is 12.6. The number of carbonyl (C=O) groups is 1. The lowest BCUT2D eigenvalue weighted by Gasteiger charge is -2.16. The first-order valence-electron chi connectivity index (χ1n) is 11.6. The van der Waals surface area contributed by atoms with Crippen molar-refractivity contribution in [3.8, 4) is 10.6 Å². The smallest absolute Gasteiger partial charge is 0.265 e. The number of nitrogens with two attached hydrogens (primary N) is 1. The number of imidazole rings is 1. The number of nitrogen functional groups attached to an aromatic ring is 1. The molecule has 5 rings (SSSR count). The van der Waals surface area contributed by atoms with Crippen LogP contribution in [-0.4, -0.2) is 52.5 Å². The number of thiazole rings is 1. The summed E-state index contributed by atoms with van der Waals surface area (Å²) in [5, 5.41) is 7.73. The Kier molecular flexibility index (Phi) is 7.47. The van der Waals surface area contributed by atoms with Gasteiger partial charge in [0.1, 0.15) is 5.65 Å². The number of aromatic nitrogens is 3. The van der Waals surface area contributed by atoms with E-state index in [4.69, 9.17) is 10.5 Å². The monoisotopic (exact) mass is 533 g/mol. The van der Waals surface area contributed by atoms with E-state index in [1.165, 1.54) is 28.2 Å². The first-order valence-corrected chi connectivity index (χ1v) is 13.3. The van der Waals surface area contributed by atoms with Crippen LogP contribution >= 0.6 is 22.7 Å². The molecule has 1 amide bonds. The van der Waals surface area contributed by atoms with Crippen LogP contribution in [0.1, 0.15) is 15.2 Å². The molecule has 0 unspecified atom stereocenters. The minimum Gasteiger partial charge on any atom is -0.397 e. The van der Waals surface area contributed by atoms with Crippen molar-refractivity contribution >= 4 is 55.7 Å². The number of amides is 1. The molecule has 0 radical (unpaired) electrons. The Bertz CT molecular complexity index is 1520. The van der Waals surface area contributed by atoms with E-state index in [2.05, 4.69) is 49.1 Å². The Morgan fingerprint density at radius 1 is 1.14 bits per heavy atom. The van der Waals surface area contributed by atoms with Crippen LogP contribution in [0, 0.1) is 0 Å². The second-order valence-corrected chi connectivity index (χ2v) is 10.6. The van der Waals surface area contributed by atoms with Crippen LogP contribution in [0.5, 0.6) is 0 Å². The fraction of sp³-hybridized carbons (Fsp3) is 0.192. The van der Waals surface area contributed by atoms with Gasteiger partial charge in [0, 0.05) is 32.6 Å². The normalized spacial score (nSPS) is 11.3. The minimum absolute atomic E-state index is 0.203. The highest BCUT2D eigenvalue weighted by Gasteiger charge is 2.14. The SMILES string of the molecule is COCCN(C)Cc1ccn2c(-c3cnc(Nc4ccc(C(=O)Nc5ccccc5N)s4)s3)cnc2c1. The molecule has 190 valence electrons. The molecule has 5 aromatic rings. The van der Waals surface area contributed by atoms with Crippen molar-refractivity contribution < 1.29 is 9.53 Å². The molecule has 0 saturated heterocycles. The van der Waals surface area contributed by atoms with Gasteiger partial charge in [-0.15, -0.1) is 11.3 Å². The van der Waals surface area contributed by atoms with Crippen molar-refractivity contribution in [2.75, 3.05) is 43.7 Å². The standard InChI is InChI=1S/C26H27N7O2S2/c1-32(11-12-35-2)16-17-9-10-33-20(14-28-23(33)13-17)22-15-29-26(37-22)31-24-8-7-21(36-24)25(34)30-19-6-4-3-5-18(19)27/h3-10,13-15H,11-12,16,27H2,1-2H3,(H,29,31)(H,30,34). The van der Waals surface area contributed by atoms with E-state index in [1.807, 2.05) is 36.8 Å². The summed E-state index contributed by atoms with van der Waals surface area (Å²) in [7, 11) is 3.79. The van der Waals surface area contributed by atoms with E-state index < -0.39 is 0 Å². The van der Waals surface area contributed by atoms with Crippen molar-refractivity contribution in [1.82, 2.24) is 19.3 Å². The van der Waals surface area contributed by atoms with Crippen LogP contribution in [0.25, 0.3) is 16.2 Å². The third-order valence-electron chi connectivity index (χ3n) is 5.73. The molecule has 1 aromatic carbocycles. The van der Waals surface area contributed by atoms with Gasteiger partial charge in [0.05, 0.1) is 44.6 Å². The number of nitrogens with zero attached hydrogens (tertiary/aromatic N) is 4. The molecule has 0 saturated carbocycles. The number of nitrogens with one attached hydrogen (secondary N) is 2. The van der Waals surface area contributed by atoms with E-state index in [9.17, 15) is 4.79 Å². The van der Waals surface area contributed by atoms with Crippen molar-refractivity contribution in [2.45, 2.75) is 6.54 Å². The molecule has 0 aliphatic heterocycles. The average molecular weight is 534 g/mol. The van der Waals surface area contributed by atoms with Crippen LogP contribution in [0.2, 0.25) is 0 Å². The first-order chi connectivity index (χ1) is 18.0. The summed E-state index contributed by atoms with van der Waals surface area (Å²) in [6.07, 6.45) is 5.75. The lowest BCUT2D eigenvalue weighted by atomic mass is 10.2. The molecule has 11 heteroatoms. The summed E-state index contributed by atoms with van der Waals surface area (Å²) in [4.78, 5) is 25.6. The van der Waals surface area contributed by atoms with Gasteiger partial charge in [-0.3, -0.25) is 14.1 Å². The number of benzene rings is 1. The predicted octanol–water partition coefficient (Wildman–Crippen LogP) is 5.18. The average Bonchev–Trinajstić information content (AvgIpc) is 3.64. The Morgan fingerprint density at radius 3 is 2.84 bits per heavy atom. The van der Waals surface area contributed by atoms with Crippen LogP contribution in [-0.2, 0) is 11.3 Å². The third kappa shape index (κ3) is 5.81. The van der Waals surface area contributed by atoms with Gasteiger partial charge >= 0.3 is 0 Å². The number of anilines is 4. The molecule has 0 bridgehead atoms. The highest BCUT2D eigenvalue weighted by atomic mass is 32.1. The molecular formula is C26H27N7O2S2. The summed E-state index contributed by atoms with van der Waals surface area (Å²) < 4.78 is 7.23. The minimum atomic E-state index is -0.203. The number of hydrogen-bond donors (Lipinski definition) is 3. The van der Waals surface area contributed by atoms with Crippen LogP contribution in [0.4, 0.5) is 21.5 Å². The van der Waals surface area contributed by atoms with Crippen molar-refractivity contribution in [3.05, 3.63) is 77.6 Å². The number of hydrogen-bond acceptors (Lipinski definition) is 9. The largest absolute Gasteiger partial charge is 0.397 e. The molecule has 0 spiro atoms. The summed E-state index contributed by atoms with van der Waals surface area (Å²) in [6, 6.07) is 15.1. The zero-order valence-electron chi connectivity index (χ0n) is 20.5. The summed E-state index contributed by atoms with van der Waals surface area (Å²) in [5.74, 6) is -0.203. The topological polar surface area (TPSA) is 110 Å². The number of thiophene rings is 1. The number of pyridine rings is 1. The van der Waals surface area contributed by atoms with Gasteiger partial charge in [0.15, 0.2) is 5.13 Å². The Morgan fingerprint density at radius 2 is 2.00 bits per heavy atom. The first kappa shape index (κ1) is 24.9. The number of carbonyl (C=O) groups excluding carboxylic acids is 1. The van der Waals surface area contributed by atoms with Crippen molar-refractivity contribution in [3.63, 3.8) is 0 Å². The highest BCUT2D eigenvalue weighted by molar-refractivity contribution is 7.20. The van der Waals surface area contributed by atoms with Gasteiger partial charge in [-0.2, -0.15) is 0 Å². The second kappa shape index (κ2) is 11.1. The number of methoxy groups -OCH3 is 1. The lowest BCUT2D eigenvalue weighted by Crippen LogP contribution is -2.22. The van der Waals surface area contributed by atoms with Gasteiger partial charge in [0.25, 0.3) is 5.91 Å². The fourth-order valence-corrected chi connectivity index (χ4v) is 5.52. The number of likely N-dealkylation sites (N-methyl/N-ethyl adjacent to an activating group) is 1. The molecular weight excluding hydrogens is 506 g/mol. The molecule has 0 aliphatic rings. The number of para-hydroxylation sites is 2. The third-order valence-corrected chi connectivity index (χ3v) is 7.67. The molecule has 0 fully saturated rings. The van der Waals surface area contributed by atoms with Gasteiger partial charge in [0.2, 0.25) is 0 Å². The maximum Gasteiger partial charge on any atom is 0.265 e. The van der Waals surface area contributed by atoms with Crippen LogP contribution in [0.3, 0.4) is 0 Å². The summed E-state index contributed by atoms with van der Waals surface area (Å²) in [5.41, 5.74) is 10.1. The van der Waals surface area contributed by atoms with Gasteiger partial charge in [-0.05, 0) is 49.0 Å². The van der Waals surface area contributed by atoms with Crippen LogP contribution in [0.15, 0.2) is 67.1 Å². The number of ether oxygens (including phenoxy) is 1. The molecule has 4 heterocycles. The second-order valence-electron chi connectivity index (χ2n) is 8.50. The van der Waals surface area contributed by atoms with Gasteiger partial charge in [-0.1, -0.05) is 23.5 Å². The fourth-order valence-electron chi connectivity index (χ4n) is 3.82. The van der Waals surface area contributed by atoms with E-state index in [1.54, 1.807) is 25.3 Å². The molecule has 0 atom stereocenters. The molecule has 37 heavy (non-hydrogen) atoms. The maximum atomic E-state index is 12.6. The number of fused-ring (bicyclic) bond motifs is 1. The van der Waals surface area contributed by atoms with E-state index in [0.29, 0.717) is 22.9 Å². The van der Waals surface area contributed by atoms with Gasteiger partial charge in [-0.25, -0.2) is 9.97 Å². The van der Waals surface area contributed by atoms with E-state index in [0.717, 1.165) is 39.4 Å². The van der Waals surface area contributed by atoms with E-state index in [-0.39, 0.29) is 5.91 Å². The highest BCUT2D eigenvalue weighted by Crippen LogP contribution is 2.33. The molecule has 4 N–H and O–H groups in total. The summed E-state index contributed by atoms with van der Waals surface area (Å²) >= 11 is 2.89. The van der Waals surface area contributed by atoms with Crippen molar-refractivity contribution in [1.29, 1.82) is 0 Å². The van der Waals surface area contributed by atoms with Gasteiger partial charge < -0.3 is 21.1 Å². The molecule has 9 nitrogen and oxygen atoms in total. The van der Waals surface area contributed by atoms with Crippen LogP contribution < -0.4 is 16.4 Å². The lowest BCUT2D eigenvalue weighted by molar-refractivity contribution is 0.103. The molecule has 0 aliphatic carbocycles. The predicted molar refractivity (Wildman–Crippen MR) is 151 cm³/mol. The van der Waals surface area contributed by atoms with E-state index >= 15 is 0 Å². The Labute approximate surface area is 222 Å². The molecule has 4 aromatic heterocycles. The zero-order chi connectivity index (χ0) is 25.8. The summed E-state index contributed by atoms with van der Waals surface area (Å²) in [6.45, 7) is 2.41. The zero-order valence-corrected chi connectivity index (χ0v) is 22.1. The quantitative estimate of drug-likeness (QED) is 0.212. The Balaban J connectivity index is 1.25. The number of rotatable bonds is 10.